The second kappa shape index (κ2) is 5.82. The van der Waals surface area contributed by atoms with Crippen LogP contribution in [0.25, 0.3) is 0 Å². The lowest BCUT2D eigenvalue weighted by Crippen LogP contribution is -2.31. The van der Waals surface area contributed by atoms with Gasteiger partial charge in [0.25, 0.3) is 0 Å². The Labute approximate surface area is 102 Å². The Morgan fingerprint density at radius 1 is 1.47 bits per heavy atom. The van der Waals surface area contributed by atoms with Crippen LogP contribution < -0.4 is 11.1 Å². The predicted molar refractivity (Wildman–Crippen MR) is 68.7 cm³/mol. The van der Waals surface area contributed by atoms with Gasteiger partial charge in [0.1, 0.15) is 0 Å². The normalized spacial score (nSPS) is 13.1. The van der Waals surface area contributed by atoms with Crippen molar-refractivity contribution in [2.75, 3.05) is 5.32 Å². The van der Waals surface area contributed by atoms with Crippen LogP contribution in [0.5, 0.6) is 0 Å². The van der Waals surface area contributed by atoms with Crippen LogP contribution in [0.4, 0.5) is 5.69 Å². The summed E-state index contributed by atoms with van der Waals surface area (Å²) in [4.78, 5) is 11.7. The SMILES string of the molecule is CC(C)C(N)CC(=O)Nc1cnn(C(C)C)c1. The maximum absolute atomic E-state index is 11.7. The first-order valence-electron chi connectivity index (χ1n) is 5.99. The lowest BCUT2D eigenvalue weighted by Gasteiger charge is -2.14. The van der Waals surface area contributed by atoms with E-state index in [1.807, 2.05) is 33.9 Å². The average Bonchev–Trinajstić information content (AvgIpc) is 2.65. The zero-order chi connectivity index (χ0) is 13.0. The molecular formula is C12H22N4O. The second-order valence-corrected chi connectivity index (χ2v) is 4.96. The van der Waals surface area contributed by atoms with Crippen molar-refractivity contribution in [3.8, 4) is 0 Å². The molecule has 0 aromatic carbocycles. The van der Waals surface area contributed by atoms with Crippen molar-refractivity contribution in [2.45, 2.75) is 46.2 Å². The summed E-state index contributed by atoms with van der Waals surface area (Å²) in [5, 5.41) is 6.95. The van der Waals surface area contributed by atoms with E-state index in [2.05, 4.69) is 10.4 Å². The van der Waals surface area contributed by atoms with Crippen LogP contribution in [-0.4, -0.2) is 21.7 Å². The number of aromatic nitrogens is 2. The van der Waals surface area contributed by atoms with Crippen LogP contribution in [0.1, 0.15) is 40.2 Å². The smallest absolute Gasteiger partial charge is 0.226 e. The largest absolute Gasteiger partial charge is 0.327 e. The van der Waals surface area contributed by atoms with Gasteiger partial charge in [0.2, 0.25) is 5.91 Å². The van der Waals surface area contributed by atoms with E-state index in [9.17, 15) is 4.79 Å². The van der Waals surface area contributed by atoms with Crippen LogP contribution in [0.15, 0.2) is 12.4 Å². The Kier molecular flexibility index (Phi) is 4.69. The van der Waals surface area contributed by atoms with Crippen molar-refractivity contribution in [3.63, 3.8) is 0 Å². The van der Waals surface area contributed by atoms with Gasteiger partial charge in [-0.15, -0.1) is 0 Å². The summed E-state index contributed by atoms with van der Waals surface area (Å²) in [5.41, 5.74) is 6.56. The number of nitrogens with zero attached hydrogens (tertiary/aromatic N) is 2. The van der Waals surface area contributed by atoms with Gasteiger partial charge in [-0.25, -0.2) is 0 Å². The molecule has 1 amide bonds. The standard InChI is InChI=1S/C12H22N4O/c1-8(2)11(13)5-12(17)15-10-6-14-16(7-10)9(3)4/h6-9,11H,5,13H2,1-4H3,(H,15,17). The Balaban J connectivity index is 2.50. The van der Waals surface area contributed by atoms with Crippen molar-refractivity contribution < 1.29 is 4.79 Å². The van der Waals surface area contributed by atoms with E-state index in [1.165, 1.54) is 0 Å². The van der Waals surface area contributed by atoms with E-state index in [0.717, 1.165) is 5.69 Å². The minimum Gasteiger partial charge on any atom is -0.327 e. The molecule has 0 radical (unpaired) electrons. The van der Waals surface area contributed by atoms with Crippen LogP contribution in [0.3, 0.4) is 0 Å². The number of anilines is 1. The maximum atomic E-state index is 11.7. The predicted octanol–water partition coefficient (Wildman–Crippen LogP) is 1.78. The first-order valence-corrected chi connectivity index (χ1v) is 5.99. The minimum absolute atomic E-state index is 0.0606. The summed E-state index contributed by atoms with van der Waals surface area (Å²) < 4.78 is 1.80. The van der Waals surface area contributed by atoms with Crippen molar-refractivity contribution >= 4 is 11.6 Å². The molecule has 1 atom stereocenters. The van der Waals surface area contributed by atoms with Gasteiger partial charge in [0.05, 0.1) is 11.9 Å². The molecule has 0 saturated carbocycles. The molecular weight excluding hydrogens is 216 g/mol. The molecule has 1 aromatic heterocycles. The Morgan fingerprint density at radius 3 is 2.59 bits per heavy atom. The monoisotopic (exact) mass is 238 g/mol. The van der Waals surface area contributed by atoms with Crippen LogP contribution in [0, 0.1) is 5.92 Å². The molecule has 17 heavy (non-hydrogen) atoms. The van der Waals surface area contributed by atoms with Gasteiger partial charge in [0.15, 0.2) is 0 Å². The fourth-order valence-corrected chi connectivity index (χ4v) is 1.35. The molecule has 3 N–H and O–H groups in total. The van der Waals surface area contributed by atoms with E-state index in [4.69, 9.17) is 5.73 Å². The van der Waals surface area contributed by atoms with Crippen molar-refractivity contribution in [1.82, 2.24) is 9.78 Å². The number of nitrogens with one attached hydrogen (secondary N) is 1. The number of hydrogen-bond donors (Lipinski definition) is 2. The molecule has 96 valence electrons. The zero-order valence-electron chi connectivity index (χ0n) is 11.0. The summed E-state index contributed by atoms with van der Waals surface area (Å²) in [7, 11) is 0. The first-order chi connectivity index (χ1) is 7.90. The molecule has 0 fully saturated rings. The lowest BCUT2D eigenvalue weighted by atomic mass is 10.0. The van der Waals surface area contributed by atoms with Gasteiger partial charge in [0, 0.05) is 24.7 Å². The van der Waals surface area contributed by atoms with Gasteiger partial charge in [-0.2, -0.15) is 5.10 Å². The molecule has 1 unspecified atom stereocenters. The third kappa shape index (κ3) is 4.19. The fraction of sp³-hybridized carbons (Fsp3) is 0.667. The van der Waals surface area contributed by atoms with E-state index in [0.29, 0.717) is 18.4 Å². The third-order valence-electron chi connectivity index (χ3n) is 2.69. The highest BCUT2D eigenvalue weighted by molar-refractivity contribution is 5.90. The molecule has 5 heteroatoms. The van der Waals surface area contributed by atoms with Crippen molar-refractivity contribution in [1.29, 1.82) is 0 Å². The number of hydrogen-bond acceptors (Lipinski definition) is 3. The molecule has 0 saturated heterocycles. The van der Waals surface area contributed by atoms with Crippen molar-refractivity contribution in [3.05, 3.63) is 12.4 Å². The van der Waals surface area contributed by atoms with Crippen LogP contribution in [0.2, 0.25) is 0 Å². The maximum Gasteiger partial charge on any atom is 0.226 e. The quantitative estimate of drug-likeness (QED) is 0.821. The number of carbonyl (C=O) groups excluding carboxylic acids is 1. The third-order valence-corrected chi connectivity index (χ3v) is 2.69. The van der Waals surface area contributed by atoms with Crippen LogP contribution in [-0.2, 0) is 4.79 Å². The van der Waals surface area contributed by atoms with Gasteiger partial charge in [-0.05, 0) is 19.8 Å². The number of nitrogens with two attached hydrogens (primary N) is 1. The number of amides is 1. The molecule has 1 heterocycles. The summed E-state index contributed by atoms with van der Waals surface area (Å²) in [6.07, 6.45) is 3.81. The van der Waals surface area contributed by atoms with E-state index in [1.54, 1.807) is 10.9 Å². The highest BCUT2D eigenvalue weighted by Gasteiger charge is 2.13. The van der Waals surface area contributed by atoms with Gasteiger partial charge in [-0.3, -0.25) is 9.48 Å². The van der Waals surface area contributed by atoms with E-state index in [-0.39, 0.29) is 11.9 Å². The van der Waals surface area contributed by atoms with E-state index < -0.39 is 0 Å². The summed E-state index contributed by atoms with van der Waals surface area (Å²) in [6, 6.07) is 0.189. The highest BCUT2D eigenvalue weighted by Crippen LogP contribution is 2.11. The molecule has 0 aliphatic rings. The van der Waals surface area contributed by atoms with Gasteiger partial charge in [-0.1, -0.05) is 13.8 Å². The zero-order valence-corrected chi connectivity index (χ0v) is 11.0. The Bertz CT molecular complexity index is 370. The Morgan fingerprint density at radius 2 is 2.12 bits per heavy atom. The number of rotatable bonds is 5. The van der Waals surface area contributed by atoms with Crippen molar-refractivity contribution in [2.24, 2.45) is 11.7 Å². The molecule has 1 aromatic rings. The fourth-order valence-electron chi connectivity index (χ4n) is 1.35. The topological polar surface area (TPSA) is 72.9 Å². The molecule has 0 bridgehead atoms. The summed E-state index contributed by atoms with van der Waals surface area (Å²) in [6.45, 7) is 8.09. The van der Waals surface area contributed by atoms with E-state index >= 15 is 0 Å². The van der Waals surface area contributed by atoms with Gasteiger partial charge >= 0.3 is 0 Å². The van der Waals surface area contributed by atoms with Gasteiger partial charge < -0.3 is 11.1 Å². The lowest BCUT2D eigenvalue weighted by molar-refractivity contribution is -0.116. The Hall–Kier alpha value is -1.36. The molecule has 1 rings (SSSR count). The first kappa shape index (κ1) is 13.7. The summed E-state index contributed by atoms with van der Waals surface area (Å²) >= 11 is 0. The average molecular weight is 238 g/mol. The highest BCUT2D eigenvalue weighted by atomic mass is 16.1. The van der Waals surface area contributed by atoms with Crippen LogP contribution >= 0.6 is 0 Å². The summed E-state index contributed by atoms with van der Waals surface area (Å²) in [5.74, 6) is 0.244. The molecule has 0 aliphatic heterocycles. The number of carbonyl (C=O) groups is 1. The molecule has 0 aliphatic carbocycles. The molecule has 5 nitrogen and oxygen atoms in total. The minimum atomic E-state index is -0.102. The molecule has 0 spiro atoms. The second-order valence-electron chi connectivity index (χ2n) is 4.96.